The number of hydrogen-bond donors (Lipinski definition) is 0. The molecule has 2 heterocycles. The molecule has 1 unspecified atom stereocenters. The average molecular weight is 335 g/mol. The maximum atomic E-state index is 12.5. The smallest absolute Gasteiger partial charge is 0.282 e. The number of hydrogen-bond acceptors (Lipinski definition) is 5. The van der Waals surface area contributed by atoms with Gasteiger partial charge in [0, 0.05) is 46.4 Å². The van der Waals surface area contributed by atoms with Crippen molar-refractivity contribution < 1.29 is 22.7 Å². The quantitative estimate of drug-likeness (QED) is 0.653. The Morgan fingerprint density at radius 2 is 1.64 bits per heavy atom. The number of morpholine rings is 1. The van der Waals surface area contributed by atoms with E-state index in [1.54, 1.807) is 4.90 Å². The van der Waals surface area contributed by atoms with Crippen molar-refractivity contribution in [2.24, 2.45) is 0 Å². The lowest BCUT2D eigenvalue weighted by Gasteiger charge is -2.38. The summed E-state index contributed by atoms with van der Waals surface area (Å²) in [4.78, 5) is 13.9. The molecule has 0 bridgehead atoms. The molecule has 8 nitrogen and oxygen atoms in total. The van der Waals surface area contributed by atoms with E-state index in [4.69, 9.17) is 9.47 Å². The molecule has 0 N–H and O–H groups in total. The van der Waals surface area contributed by atoms with Crippen LogP contribution < -0.4 is 0 Å². The van der Waals surface area contributed by atoms with Crippen LogP contribution >= 0.6 is 0 Å². The molecule has 9 heteroatoms. The van der Waals surface area contributed by atoms with Gasteiger partial charge in [0.15, 0.2) is 0 Å². The third kappa shape index (κ3) is 3.77. The van der Waals surface area contributed by atoms with Gasteiger partial charge < -0.3 is 14.4 Å². The van der Waals surface area contributed by atoms with Crippen LogP contribution in [-0.4, -0.2) is 93.5 Å². The van der Waals surface area contributed by atoms with E-state index in [9.17, 15) is 13.2 Å². The van der Waals surface area contributed by atoms with Gasteiger partial charge in [0.1, 0.15) is 6.10 Å². The highest BCUT2D eigenvalue weighted by molar-refractivity contribution is 7.86. The minimum Gasteiger partial charge on any atom is -0.379 e. The van der Waals surface area contributed by atoms with Crippen LogP contribution in [0, 0.1) is 0 Å². The molecule has 2 aliphatic heterocycles. The molecule has 22 heavy (non-hydrogen) atoms. The van der Waals surface area contributed by atoms with Crippen LogP contribution in [0.25, 0.3) is 0 Å². The predicted molar refractivity (Wildman–Crippen MR) is 80.6 cm³/mol. The van der Waals surface area contributed by atoms with Crippen molar-refractivity contribution in [3.8, 4) is 0 Å². The Hall–Kier alpha value is -0.740. The van der Waals surface area contributed by atoms with Gasteiger partial charge in [-0.2, -0.15) is 17.0 Å². The standard InChI is InChI=1S/C13H25N3O5S/c1-3-12(20-2)13(17)14-4-6-15(7-5-14)22(18,19)16-8-10-21-11-9-16/h12H,3-11H2,1-2H3. The second-order valence-corrected chi connectivity index (χ2v) is 7.30. The summed E-state index contributed by atoms with van der Waals surface area (Å²) in [7, 11) is -1.93. The normalized spacial score (nSPS) is 23.5. The highest BCUT2D eigenvalue weighted by Crippen LogP contribution is 2.15. The Morgan fingerprint density at radius 1 is 1.09 bits per heavy atom. The van der Waals surface area contributed by atoms with Crippen LogP contribution in [0.5, 0.6) is 0 Å². The second kappa shape index (κ2) is 7.69. The van der Waals surface area contributed by atoms with E-state index in [1.165, 1.54) is 15.7 Å². The van der Waals surface area contributed by atoms with Gasteiger partial charge in [0.25, 0.3) is 16.1 Å². The van der Waals surface area contributed by atoms with Crippen molar-refractivity contribution in [1.82, 2.24) is 13.5 Å². The minimum atomic E-state index is -3.45. The predicted octanol–water partition coefficient (Wildman–Crippen LogP) is -0.867. The fraction of sp³-hybridized carbons (Fsp3) is 0.923. The summed E-state index contributed by atoms with van der Waals surface area (Å²) in [6.45, 7) is 5.01. The summed E-state index contributed by atoms with van der Waals surface area (Å²) in [5.74, 6) is -0.0616. The van der Waals surface area contributed by atoms with E-state index in [0.29, 0.717) is 58.9 Å². The largest absolute Gasteiger partial charge is 0.379 e. The van der Waals surface area contributed by atoms with Gasteiger partial charge in [-0.1, -0.05) is 6.92 Å². The van der Waals surface area contributed by atoms with Crippen LogP contribution in [-0.2, 0) is 24.5 Å². The van der Waals surface area contributed by atoms with Gasteiger partial charge in [-0.25, -0.2) is 0 Å². The number of carbonyl (C=O) groups excluding carboxylic acids is 1. The fourth-order valence-corrected chi connectivity index (χ4v) is 4.29. The number of ether oxygens (including phenoxy) is 2. The van der Waals surface area contributed by atoms with Crippen LogP contribution in [0.4, 0.5) is 0 Å². The van der Waals surface area contributed by atoms with Crippen molar-refractivity contribution in [2.45, 2.75) is 19.4 Å². The summed E-state index contributed by atoms with van der Waals surface area (Å²) in [5, 5.41) is 0. The van der Waals surface area contributed by atoms with E-state index in [1.807, 2.05) is 6.92 Å². The first-order valence-electron chi connectivity index (χ1n) is 7.65. The molecule has 0 aromatic rings. The van der Waals surface area contributed by atoms with E-state index < -0.39 is 16.3 Å². The molecule has 1 amide bonds. The van der Waals surface area contributed by atoms with Crippen molar-refractivity contribution in [3.63, 3.8) is 0 Å². The van der Waals surface area contributed by atoms with E-state index in [2.05, 4.69) is 0 Å². The van der Waals surface area contributed by atoms with Crippen molar-refractivity contribution in [3.05, 3.63) is 0 Å². The van der Waals surface area contributed by atoms with Crippen LogP contribution in [0.15, 0.2) is 0 Å². The van der Waals surface area contributed by atoms with Crippen molar-refractivity contribution in [1.29, 1.82) is 0 Å². The molecule has 2 rings (SSSR count). The first-order valence-corrected chi connectivity index (χ1v) is 9.05. The Morgan fingerprint density at radius 3 is 2.14 bits per heavy atom. The van der Waals surface area contributed by atoms with E-state index in [0.717, 1.165) is 0 Å². The first-order chi connectivity index (χ1) is 10.5. The summed E-state index contributed by atoms with van der Waals surface area (Å²) < 4.78 is 38.3. The molecule has 1 atom stereocenters. The fourth-order valence-electron chi connectivity index (χ4n) is 2.73. The minimum absolute atomic E-state index is 0.0616. The Bertz CT molecular complexity index is 466. The molecule has 0 aromatic carbocycles. The summed E-state index contributed by atoms with van der Waals surface area (Å²) in [5.41, 5.74) is 0. The first kappa shape index (κ1) is 17.6. The van der Waals surface area contributed by atoms with E-state index >= 15 is 0 Å². The lowest BCUT2D eigenvalue weighted by molar-refractivity contribution is -0.143. The molecular formula is C13H25N3O5S. The molecule has 0 radical (unpaired) electrons. The van der Waals surface area contributed by atoms with E-state index in [-0.39, 0.29) is 5.91 Å². The van der Waals surface area contributed by atoms with Gasteiger partial charge in [0.05, 0.1) is 13.2 Å². The van der Waals surface area contributed by atoms with Gasteiger partial charge in [-0.3, -0.25) is 4.79 Å². The lowest BCUT2D eigenvalue weighted by Crippen LogP contribution is -2.57. The van der Waals surface area contributed by atoms with Gasteiger partial charge in [0.2, 0.25) is 0 Å². The highest BCUT2D eigenvalue weighted by atomic mass is 32.2. The van der Waals surface area contributed by atoms with Gasteiger partial charge in [-0.15, -0.1) is 0 Å². The number of amides is 1. The Kier molecular flexibility index (Phi) is 6.16. The SMILES string of the molecule is CCC(OC)C(=O)N1CCN(S(=O)(=O)N2CCOCC2)CC1. The van der Waals surface area contributed by atoms with Gasteiger partial charge in [-0.05, 0) is 6.42 Å². The molecule has 0 spiro atoms. The lowest BCUT2D eigenvalue weighted by atomic mass is 10.2. The Balaban J connectivity index is 1.92. The number of nitrogens with zero attached hydrogens (tertiary/aromatic N) is 3. The number of rotatable bonds is 5. The zero-order valence-electron chi connectivity index (χ0n) is 13.2. The molecule has 128 valence electrons. The molecular weight excluding hydrogens is 310 g/mol. The molecule has 0 aromatic heterocycles. The van der Waals surface area contributed by atoms with Crippen molar-refractivity contribution in [2.75, 3.05) is 59.6 Å². The maximum absolute atomic E-state index is 12.5. The van der Waals surface area contributed by atoms with Crippen LogP contribution in [0.2, 0.25) is 0 Å². The van der Waals surface area contributed by atoms with Gasteiger partial charge >= 0.3 is 0 Å². The molecule has 2 aliphatic rings. The highest BCUT2D eigenvalue weighted by Gasteiger charge is 2.35. The topological polar surface area (TPSA) is 79.4 Å². The Labute approximate surface area is 132 Å². The summed E-state index contributed by atoms with van der Waals surface area (Å²) in [6, 6.07) is 0. The van der Waals surface area contributed by atoms with Crippen LogP contribution in [0.3, 0.4) is 0 Å². The monoisotopic (exact) mass is 335 g/mol. The average Bonchev–Trinajstić information content (AvgIpc) is 2.57. The zero-order valence-corrected chi connectivity index (χ0v) is 14.0. The molecule has 2 fully saturated rings. The van der Waals surface area contributed by atoms with Crippen molar-refractivity contribution >= 4 is 16.1 Å². The third-order valence-corrected chi connectivity index (χ3v) is 6.14. The summed E-state index contributed by atoms with van der Waals surface area (Å²) >= 11 is 0. The van der Waals surface area contributed by atoms with Crippen LogP contribution in [0.1, 0.15) is 13.3 Å². The number of piperazine rings is 1. The third-order valence-electron chi connectivity index (χ3n) is 4.10. The second-order valence-electron chi connectivity index (χ2n) is 5.38. The molecule has 0 aliphatic carbocycles. The number of methoxy groups -OCH3 is 1. The maximum Gasteiger partial charge on any atom is 0.282 e. The molecule has 2 saturated heterocycles. The molecule has 0 saturated carbocycles. The number of carbonyl (C=O) groups is 1. The summed E-state index contributed by atoms with van der Waals surface area (Å²) in [6.07, 6.45) is 0.171. The zero-order chi connectivity index (χ0) is 16.2.